The van der Waals surface area contributed by atoms with Crippen molar-refractivity contribution in [2.75, 3.05) is 6.54 Å². The molecule has 0 amide bonds. The third kappa shape index (κ3) is 3.77. The van der Waals surface area contributed by atoms with Crippen molar-refractivity contribution in [2.45, 2.75) is 44.7 Å². The second-order valence-electron chi connectivity index (χ2n) is 5.76. The summed E-state index contributed by atoms with van der Waals surface area (Å²) in [6, 6.07) is 6.01. The summed E-state index contributed by atoms with van der Waals surface area (Å²) in [4.78, 5) is 0. The van der Waals surface area contributed by atoms with Crippen LogP contribution >= 0.6 is 15.9 Å². The average Bonchev–Trinajstić information content (AvgIpc) is 3.16. The summed E-state index contributed by atoms with van der Waals surface area (Å²) >= 11 is 3.25. The highest BCUT2D eigenvalue weighted by Crippen LogP contribution is 2.32. The maximum Gasteiger partial charge on any atom is 0.140 e. The van der Waals surface area contributed by atoms with Gasteiger partial charge in [0.15, 0.2) is 0 Å². The third-order valence-corrected chi connectivity index (χ3v) is 4.35. The summed E-state index contributed by atoms with van der Waals surface area (Å²) in [5.74, 6) is 0.159. The molecule has 4 heteroatoms. The lowest BCUT2D eigenvalue weighted by Gasteiger charge is -2.28. The molecule has 0 radical (unpaired) electrons. The Morgan fingerprint density at radius 3 is 2.68 bits per heavy atom. The Bertz CT molecular complexity index is 432. The Kier molecular flexibility index (Phi) is 4.98. The maximum absolute atomic E-state index is 14.3. The molecule has 1 fully saturated rings. The fraction of sp³-hybridized carbons (Fsp3) is 0.600. The van der Waals surface area contributed by atoms with E-state index in [2.05, 4.69) is 35.1 Å². The van der Waals surface area contributed by atoms with E-state index in [4.69, 9.17) is 5.73 Å². The first-order valence-electron chi connectivity index (χ1n) is 6.93. The van der Waals surface area contributed by atoms with Crippen LogP contribution in [-0.2, 0) is 0 Å². The fourth-order valence-electron chi connectivity index (χ4n) is 2.58. The van der Waals surface area contributed by atoms with Gasteiger partial charge >= 0.3 is 0 Å². The van der Waals surface area contributed by atoms with Crippen LogP contribution < -0.4 is 11.1 Å². The van der Waals surface area contributed by atoms with E-state index in [1.807, 2.05) is 12.1 Å². The molecule has 2 rings (SSSR count). The SMILES string of the molecule is CC(C)C(c1cccc(Br)c1F)C(N)CNC1CC1. The Balaban J connectivity index is 2.15. The second-order valence-corrected chi connectivity index (χ2v) is 6.61. The molecular formula is C15H22BrFN2. The molecule has 1 aliphatic carbocycles. The molecule has 1 aromatic rings. The van der Waals surface area contributed by atoms with Crippen molar-refractivity contribution in [3.05, 3.63) is 34.1 Å². The van der Waals surface area contributed by atoms with Crippen molar-refractivity contribution >= 4 is 15.9 Å². The van der Waals surface area contributed by atoms with E-state index >= 15 is 0 Å². The van der Waals surface area contributed by atoms with Gasteiger partial charge in [-0.05, 0) is 46.3 Å². The monoisotopic (exact) mass is 328 g/mol. The molecule has 2 unspecified atom stereocenters. The Morgan fingerprint density at radius 2 is 2.11 bits per heavy atom. The van der Waals surface area contributed by atoms with Crippen LogP contribution in [0.25, 0.3) is 0 Å². The first kappa shape index (κ1) is 14.9. The van der Waals surface area contributed by atoms with Gasteiger partial charge in [0.1, 0.15) is 5.82 Å². The van der Waals surface area contributed by atoms with Gasteiger partial charge < -0.3 is 11.1 Å². The maximum atomic E-state index is 14.3. The van der Waals surface area contributed by atoms with Crippen LogP contribution in [0.4, 0.5) is 4.39 Å². The topological polar surface area (TPSA) is 38.0 Å². The molecule has 0 aliphatic heterocycles. The number of rotatable bonds is 6. The molecule has 19 heavy (non-hydrogen) atoms. The predicted octanol–water partition coefficient (Wildman–Crippen LogP) is 3.41. The average molecular weight is 329 g/mol. The van der Waals surface area contributed by atoms with E-state index in [0.717, 1.165) is 12.1 Å². The van der Waals surface area contributed by atoms with Crippen molar-refractivity contribution in [3.8, 4) is 0 Å². The fourth-order valence-corrected chi connectivity index (χ4v) is 2.96. The lowest BCUT2D eigenvalue weighted by atomic mass is 9.82. The summed E-state index contributed by atoms with van der Waals surface area (Å²) in [6.45, 7) is 4.95. The van der Waals surface area contributed by atoms with Crippen molar-refractivity contribution < 1.29 is 4.39 Å². The van der Waals surface area contributed by atoms with Crippen molar-refractivity contribution in [1.29, 1.82) is 0 Å². The minimum Gasteiger partial charge on any atom is -0.326 e. The zero-order chi connectivity index (χ0) is 14.0. The van der Waals surface area contributed by atoms with Gasteiger partial charge in [0.2, 0.25) is 0 Å². The largest absolute Gasteiger partial charge is 0.326 e. The highest BCUT2D eigenvalue weighted by atomic mass is 79.9. The zero-order valence-corrected chi connectivity index (χ0v) is 13.1. The lowest BCUT2D eigenvalue weighted by Crippen LogP contribution is -2.41. The predicted molar refractivity (Wildman–Crippen MR) is 80.7 cm³/mol. The number of nitrogens with one attached hydrogen (secondary N) is 1. The number of nitrogens with two attached hydrogens (primary N) is 1. The Labute approximate surface area is 123 Å². The van der Waals surface area contributed by atoms with Crippen LogP contribution in [0.2, 0.25) is 0 Å². The summed E-state index contributed by atoms with van der Waals surface area (Å²) in [6.07, 6.45) is 2.48. The van der Waals surface area contributed by atoms with Gasteiger partial charge in [-0.2, -0.15) is 0 Å². The first-order chi connectivity index (χ1) is 9.00. The van der Waals surface area contributed by atoms with Crippen LogP contribution in [0, 0.1) is 11.7 Å². The molecule has 2 nitrogen and oxygen atoms in total. The molecule has 0 spiro atoms. The van der Waals surface area contributed by atoms with Gasteiger partial charge in [-0.25, -0.2) is 4.39 Å². The van der Waals surface area contributed by atoms with E-state index in [1.165, 1.54) is 12.8 Å². The molecule has 106 valence electrons. The minimum atomic E-state index is -0.178. The van der Waals surface area contributed by atoms with Crippen LogP contribution in [0.1, 0.15) is 38.2 Å². The zero-order valence-electron chi connectivity index (χ0n) is 11.5. The smallest absolute Gasteiger partial charge is 0.140 e. The van der Waals surface area contributed by atoms with E-state index in [1.54, 1.807) is 6.07 Å². The van der Waals surface area contributed by atoms with Crippen molar-refractivity contribution in [3.63, 3.8) is 0 Å². The van der Waals surface area contributed by atoms with E-state index in [9.17, 15) is 4.39 Å². The Morgan fingerprint density at radius 1 is 1.42 bits per heavy atom. The van der Waals surface area contributed by atoms with Gasteiger partial charge in [-0.15, -0.1) is 0 Å². The molecule has 3 N–H and O–H groups in total. The van der Waals surface area contributed by atoms with Gasteiger partial charge in [-0.1, -0.05) is 26.0 Å². The Hall–Kier alpha value is -0.450. The van der Waals surface area contributed by atoms with E-state index < -0.39 is 0 Å². The first-order valence-corrected chi connectivity index (χ1v) is 7.73. The van der Waals surface area contributed by atoms with Crippen LogP contribution in [0.5, 0.6) is 0 Å². The minimum absolute atomic E-state index is 0.0312. The van der Waals surface area contributed by atoms with E-state index in [-0.39, 0.29) is 17.8 Å². The number of halogens is 2. The van der Waals surface area contributed by atoms with E-state index in [0.29, 0.717) is 16.4 Å². The molecule has 0 saturated heterocycles. The van der Waals surface area contributed by atoms with Gasteiger partial charge in [0.05, 0.1) is 4.47 Å². The number of benzene rings is 1. The molecular weight excluding hydrogens is 307 g/mol. The van der Waals surface area contributed by atoms with Gasteiger partial charge in [-0.3, -0.25) is 0 Å². The summed E-state index contributed by atoms with van der Waals surface area (Å²) in [7, 11) is 0. The molecule has 0 bridgehead atoms. The molecule has 1 aliphatic rings. The molecule has 0 heterocycles. The third-order valence-electron chi connectivity index (χ3n) is 3.74. The van der Waals surface area contributed by atoms with Crippen LogP contribution in [-0.4, -0.2) is 18.6 Å². The normalized spacial score (nSPS) is 18.6. The van der Waals surface area contributed by atoms with Crippen LogP contribution in [0.3, 0.4) is 0 Å². The summed E-state index contributed by atoms with van der Waals surface area (Å²) in [5.41, 5.74) is 7.02. The van der Waals surface area contributed by atoms with Gasteiger partial charge in [0.25, 0.3) is 0 Å². The van der Waals surface area contributed by atoms with Crippen molar-refractivity contribution in [2.24, 2.45) is 11.7 Å². The highest BCUT2D eigenvalue weighted by Gasteiger charge is 2.28. The standard InChI is InChI=1S/C15H22BrFN2/c1-9(2)14(13(18)8-19-10-6-7-10)11-4-3-5-12(16)15(11)17/h3-5,9-10,13-14,19H,6-8,18H2,1-2H3. The molecule has 2 atom stereocenters. The van der Waals surface area contributed by atoms with Crippen molar-refractivity contribution in [1.82, 2.24) is 5.32 Å². The second kappa shape index (κ2) is 6.33. The van der Waals surface area contributed by atoms with Gasteiger partial charge in [0, 0.05) is 24.5 Å². The summed E-state index contributed by atoms with van der Waals surface area (Å²) < 4.78 is 14.8. The van der Waals surface area contributed by atoms with Crippen LogP contribution in [0.15, 0.2) is 22.7 Å². The molecule has 1 aromatic carbocycles. The highest BCUT2D eigenvalue weighted by molar-refractivity contribution is 9.10. The lowest BCUT2D eigenvalue weighted by molar-refractivity contribution is 0.386. The molecule has 0 aromatic heterocycles. The number of hydrogen-bond acceptors (Lipinski definition) is 2. The summed E-state index contributed by atoms with van der Waals surface area (Å²) in [5, 5.41) is 3.44. The molecule has 1 saturated carbocycles. The quantitative estimate of drug-likeness (QED) is 0.839. The number of hydrogen-bond donors (Lipinski definition) is 2.